The van der Waals surface area contributed by atoms with E-state index in [1.807, 2.05) is 30.3 Å². The van der Waals surface area contributed by atoms with Gasteiger partial charge in [0.2, 0.25) is 0 Å². The van der Waals surface area contributed by atoms with Crippen LogP contribution in [0.15, 0.2) is 91.1 Å². The van der Waals surface area contributed by atoms with E-state index in [2.05, 4.69) is 65.4 Å². The summed E-state index contributed by atoms with van der Waals surface area (Å²) in [6.07, 6.45) is 2.11. The number of hydrogen-bond donors (Lipinski definition) is 0. The van der Waals surface area contributed by atoms with Crippen LogP contribution in [0.2, 0.25) is 0 Å². The molecule has 0 radical (unpaired) electrons. The first-order valence-electron chi connectivity index (χ1n) is 6.40. The quantitative estimate of drug-likeness (QED) is 0.353. The van der Waals surface area contributed by atoms with Gasteiger partial charge in [0.05, 0.1) is 5.52 Å². The fourth-order valence-electron chi connectivity index (χ4n) is 2.15. The molecule has 1 aromatic heterocycles. The van der Waals surface area contributed by atoms with Crippen molar-refractivity contribution in [2.75, 3.05) is 0 Å². The second-order valence-corrected chi connectivity index (χ2v) is 4.35. The molecule has 0 aliphatic rings. The predicted octanol–water partition coefficient (Wildman–Crippen LogP) is 4.75. The number of para-hydroxylation sites is 1. The molecule has 0 saturated heterocycles. The average molecular weight is 301 g/mol. The number of nitrogens with zero attached hydrogens (tertiary/aromatic N) is 1. The smallest absolute Gasteiger partial charge is 0.341 e. The molecule has 20 heavy (non-hydrogen) atoms. The molecule has 0 N–H and O–H groups in total. The molecule has 4 aromatic rings. The van der Waals surface area contributed by atoms with Gasteiger partial charge in [-0.15, -0.1) is 6.07 Å². The van der Waals surface area contributed by atoms with E-state index in [9.17, 15) is 0 Å². The summed E-state index contributed by atoms with van der Waals surface area (Å²) in [5.41, 5.74) is 2.49. The van der Waals surface area contributed by atoms with E-state index in [0.29, 0.717) is 0 Å². The van der Waals surface area contributed by atoms with E-state index < -0.39 is 0 Å². The number of aromatic nitrogens is 1. The van der Waals surface area contributed by atoms with Crippen molar-refractivity contribution in [3.8, 4) is 5.69 Å². The first-order valence-corrected chi connectivity index (χ1v) is 6.40. The molecule has 4 rings (SSSR count). The fraction of sp³-hybridized carbons (Fsp3) is 0. The molecule has 0 bridgehead atoms. The minimum Gasteiger partial charge on any atom is -0.341 e. The van der Waals surface area contributed by atoms with Gasteiger partial charge in [-0.1, -0.05) is 23.9 Å². The van der Waals surface area contributed by atoms with Gasteiger partial charge in [-0.2, -0.15) is 30.3 Å². The van der Waals surface area contributed by atoms with Crippen molar-refractivity contribution in [1.82, 2.24) is 4.57 Å². The summed E-state index contributed by atoms with van der Waals surface area (Å²) in [4.78, 5) is 0. The maximum absolute atomic E-state index is 2.20. The molecule has 3 aromatic carbocycles. The minimum atomic E-state index is 0. The molecule has 1 nitrogen and oxygen atoms in total. The van der Waals surface area contributed by atoms with Gasteiger partial charge in [0, 0.05) is 6.20 Å². The van der Waals surface area contributed by atoms with Crippen molar-refractivity contribution in [3.05, 3.63) is 91.1 Å². The molecule has 2 heteroatoms. The Morgan fingerprint density at radius 3 is 2.20 bits per heavy atom. The summed E-state index contributed by atoms with van der Waals surface area (Å²) in [5, 5.41) is 1.29. The maximum atomic E-state index is 2.20. The van der Waals surface area contributed by atoms with E-state index >= 15 is 0 Å². The molecule has 0 aliphatic carbocycles. The monoisotopic (exact) mass is 301 g/mol. The molecule has 1 heterocycles. The summed E-state index contributed by atoms with van der Waals surface area (Å²) in [6, 6.07) is 28.9. The molecule has 0 atom stereocenters. The van der Waals surface area contributed by atoms with E-state index in [-0.39, 0.29) is 17.1 Å². The van der Waals surface area contributed by atoms with Gasteiger partial charge in [0.15, 0.2) is 0 Å². The van der Waals surface area contributed by atoms with Crippen LogP contribution in [0.3, 0.4) is 0 Å². The Morgan fingerprint density at radius 2 is 1.55 bits per heavy atom. The first kappa shape index (κ1) is 14.4. The minimum absolute atomic E-state index is 0. The van der Waals surface area contributed by atoms with E-state index in [0.717, 1.165) is 0 Å². The Balaban J connectivity index is 0.000000210. The Labute approximate surface area is 129 Å². The van der Waals surface area contributed by atoms with Gasteiger partial charge in [-0.3, -0.25) is 0 Å². The van der Waals surface area contributed by atoms with Crippen LogP contribution < -0.4 is 0 Å². The molecular weight excluding hydrogens is 286 g/mol. The van der Waals surface area contributed by atoms with Crippen LogP contribution in [0.4, 0.5) is 0 Å². The molecule has 0 unspecified atom stereocenters. The molecule has 0 fully saturated rings. The van der Waals surface area contributed by atoms with Crippen molar-refractivity contribution in [3.63, 3.8) is 0 Å². The third-order valence-corrected chi connectivity index (χ3v) is 3.08. The second kappa shape index (κ2) is 6.95. The zero-order chi connectivity index (χ0) is 12.9. The van der Waals surface area contributed by atoms with Gasteiger partial charge in [-0.05, 0) is 17.5 Å². The van der Waals surface area contributed by atoms with Crippen molar-refractivity contribution < 1.29 is 17.1 Å². The standard InChI is InChI=1S/C13H10N.C5H5.Fe/c1-4-8-13-11(5-1)9-10-14(13)12-6-2-3-7-12;1-2-4-5-3-1;/h1-10H;1-5H;/q2*-1;+2. The van der Waals surface area contributed by atoms with Crippen LogP contribution >= 0.6 is 0 Å². The largest absolute Gasteiger partial charge is 2.00 e. The molecule has 100 valence electrons. The molecular formula is C18H15FeN. The predicted molar refractivity (Wildman–Crippen MR) is 80.9 cm³/mol. The van der Waals surface area contributed by atoms with Crippen molar-refractivity contribution in [1.29, 1.82) is 0 Å². The third kappa shape index (κ3) is 3.11. The Morgan fingerprint density at radius 1 is 0.750 bits per heavy atom. The van der Waals surface area contributed by atoms with Crippen LogP contribution in [-0.4, -0.2) is 4.57 Å². The zero-order valence-corrected chi connectivity index (χ0v) is 12.1. The van der Waals surface area contributed by atoms with Crippen LogP contribution in [0.1, 0.15) is 0 Å². The normalized spacial score (nSPS) is 9.60. The Kier molecular flexibility index (Phi) is 5.00. The van der Waals surface area contributed by atoms with Crippen molar-refractivity contribution in [2.24, 2.45) is 0 Å². The SMILES string of the molecule is [Fe+2].c1c[cH-]c(-n2ccc3ccccc32)c1.c1cc[cH-]c1. The summed E-state index contributed by atoms with van der Waals surface area (Å²) in [6.45, 7) is 0. The number of benzene rings is 1. The van der Waals surface area contributed by atoms with Gasteiger partial charge < -0.3 is 4.57 Å². The van der Waals surface area contributed by atoms with Crippen LogP contribution in [0.5, 0.6) is 0 Å². The average Bonchev–Trinajstić information content (AvgIpc) is 3.21. The molecule has 0 spiro atoms. The molecule has 0 amide bonds. The van der Waals surface area contributed by atoms with Crippen LogP contribution in [0.25, 0.3) is 16.6 Å². The summed E-state index contributed by atoms with van der Waals surface area (Å²) >= 11 is 0. The number of hydrogen-bond acceptors (Lipinski definition) is 0. The summed E-state index contributed by atoms with van der Waals surface area (Å²) in [7, 11) is 0. The van der Waals surface area contributed by atoms with Crippen LogP contribution in [-0.2, 0) is 17.1 Å². The molecule has 0 saturated carbocycles. The summed E-state index contributed by atoms with van der Waals surface area (Å²) < 4.78 is 2.20. The topological polar surface area (TPSA) is 4.93 Å². The Hall–Kier alpha value is -2.02. The third-order valence-electron chi connectivity index (χ3n) is 3.08. The van der Waals surface area contributed by atoms with Crippen molar-refractivity contribution >= 4 is 10.9 Å². The Bertz CT molecular complexity index is 701. The van der Waals surface area contributed by atoms with Gasteiger partial charge >= 0.3 is 17.1 Å². The zero-order valence-electron chi connectivity index (χ0n) is 11.0. The number of fused-ring (bicyclic) bond motifs is 1. The van der Waals surface area contributed by atoms with E-state index in [1.165, 1.54) is 16.6 Å². The van der Waals surface area contributed by atoms with Crippen LogP contribution in [0, 0.1) is 0 Å². The van der Waals surface area contributed by atoms with Gasteiger partial charge in [0.25, 0.3) is 0 Å². The summed E-state index contributed by atoms with van der Waals surface area (Å²) in [5.74, 6) is 0. The van der Waals surface area contributed by atoms with E-state index in [1.54, 1.807) is 0 Å². The van der Waals surface area contributed by atoms with Gasteiger partial charge in [0.1, 0.15) is 0 Å². The maximum Gasteiger partial charge on any atom is 2.00 e. The van der Waals surface area contributed by atoms with Crippen molar-refractivity contribution in [2.45, 2.75) is 0 Å². The van der Waals surface area contributed by atoms with E-state index in [4.69, 9.17) is 0 Å². The molecule has 0 aliphatic heterocycles. The second-order valence-electron chi connectivity index (χ2n) is 4.35. The van der Waals surface area contributed by atoms with Gasteiger partial charge in [-0.25, -0.2) is 18.2 Å². The first-order chi connectivity index (χ1) is 9.45. The fourth-order valence-corrected chi connectivity index (χ4v) is 2.15. The number of rotatable bonds is 1.